The molecule has 1 aliphatic rings. The highest BCUT2D eigenvalue weighted by Gasteiger charge is 2.13. The smallest absolute Gasteiger partial charge is 0.0970 e. The van der Waals surface area contributed by atoms with Crippen molar-refractivity contribution < 1.29 is 0 Å². The molecule has 1 heterocycles. The predicted octanol–water partition coefficient (Wildman–Crippen LogP) is 2.21. The summed E-state index contributed by atoms with van der Waals surface area (Å²) in [5.74, 6) is 0. The van der Waals surface area contributed by atoms with E-state index < -0.39 is 0 Å². The minimum Gasteiger partial charge on any atom is -0.364 e. The molecule has 63 valence electrons. The second kappa shape index (κ2) is 2.95. The zero-order valence-electron chi connectivity index (χ0n) is 7.36. The molecular formula is C11H9N2. The average molecular weight is 169 g/mol. The third-order valence-electron chi connectivity index (χ3n) is 2.09. The van der Waals surface area contributed by atoms with E-state index in [1.807, 2.05) is 48.8 Å². The van der Waals surface area contributed by atoms with Gasteiger partial charge in [-0.3, -0.25) is 0 Å². The second-order valence-electron chi connectivity index (χ2n) is 3.01. The number of fused-ring (bicyclic) bond motifs is 1. The van der Waals surface area contributed by atoms with Crippen LogP contribution in [0.3, 0.4) is 0 Å². The fourth-order valence-electron chi connectivity index (χ4n) is 1.47. The molecule has 0 saturated heterocycles. The van der Waals surface area contributed by atoms with Gasteiger partial charge >= 0.3 is 0 Å². The minimum atomic E-state index is 0.696. The van der Waals surface area contributed by atoms with Gasteiger partial charge in [-0.2, -0.15) is 5.26 Å². The summed E-state index contributed by atoms with van der Waals surface area (Å²) in [4.78, 5) is 1.97. The molecule has 0 aromatic heterocycles. The van der Waals surface area contributed by atoms with Crippen molar-refractivity contribution in [2.24, 2.45) is 0 Å². The van der Waals surface area contributed by atoms with Crippen molar-refractivity contribution in [2.75, 3.05) is 11.9 Å². The third kappa shape index (κ3) is 1.29. The number of likely N-dealkylation sites (N-methyl/N-ethyl adjacent to an activating group) is 1. The van der Waals surface area contributed by atoms with Crippen LogP contribution in [0.15, 0.2) is 29.8 Å². The fourth-order valence-corrected chi connectivity index (χ4v) is 1.47. The van der Waals surface area contributed by atoms with Crippen molar-refractivity contribution >= 4 is 11.8 Å². The molecule has 1 aliphatic heterocycles. The zero-order valence-corrected chi connectivity index (χ0v) is 7.36. The van der Waals surface area contributed by atoms with E-state index in [0.29, 0.717) is 5.57 Å². The van der Waals surface area contributed by atoms with Gasteiger partial charge < -0.3 is 4.90 Å². The summed E-state index contributed by atoms with van der Waals surface area (Å²) < 4.78 is 0. The molecule has 1 aromatic carbocycles. The molecule has 2 rings (SSSR count). The van der Waals surface area contributed by atoms with Gasteiger partial charge in [-0.05, 0) is 17.7 Å². The molecule has 13 heavy (non-hydrogen) atoms. The molecule has 0 amide bonds. The monoisotopic (exact) mass is 169 g/mol. The van der Waals surface area contributed by atoms with Crippen molar-refractivity contribution in [3.63, 3.8) is 0 Å². The van der Waals surface area contributed by atoms with Crippen molar-refractivity contribution in [3.05, 3.63) is 41.9 Å². The molecule has 0 spiro atoms. The topological polar surface area (TPSA) is 27.0 Å². The van der Waals surface area contributed by atoms with E-state index in [9.17, 15) is 0 Å². The van der Waals surface area contributed by atoms with E-state index in [2.05, 4.69) is 6.07 Å². The Hall–Kier alpha value is -1.75. The molecule has 0 bridgehead atoms. The molecule has 0 atom stereocenters. The Morgan fingerprint density at radius 1 is 1.31 bits per heavy atom. The van der Waals surface area contributed by atoms with Gasteiger partial charge in [0.25, 0.3) is 0 Å². The van der Waals surface area contributed by atoms with Gasteiger partial charge in [-0.25, -0.2) is 0 Å². The number of para-hydroxylation sites is 1. The van der Waals surface area contributed by atoms with E-state index in [1.54, 1.807) is 0 Å². The molecule has 0 unspecified atom stereocenters. The van der Waals surface area contributed by atoms with Gasteiger partial charge in [0.2, 0.25) is 0 Å². The Balaban J connectivity index is 2.54. The van der Waals surface area contributed by atoms with Gasteiger partial charge in [-0.15, -0.1) is 0 Å². The van der Waals surface area contributed by atoms with Crippen LogP contribution in [0.1, 0.15) is 5.56 Å². The second-order valence-corrected chi connectivity index (χ2v) is 3.01. The van der Waals surface area contributed by atoms with Crippen LogP contribution in [-0.4, -0.2) is 7.05 Å². The van der Waals surface area contributed by atoms with E-state index in [4.69, 9.17) is 5.26 Å². The van der Waals surface area contributed by atoms with Gasteiger partial charge in [0.05, 0.1) is 18.2 Å². The first-order valence-electron chi connectivity index (χ1n) is 4.10. The SMILES string of the molecule is CN1[CH]C(C#N)=Cc2ccccc21. The zero-order chi connectivity index (χ0) is 9.26. The maximum Gasteiger partial charge on any atom is 0.0970 e. The summed E-state index contributed by atoms with van der Waals surface area (Å²) >= 11 is 0. The van der Waals surface area contributed by atoms with Crippen LogP contribution in [0.25, 0.3) is 6.08 Å². The van der Waals surface area contributed by atoms with Crippen LogP contribution in [0.5, 0.6) is 0 Å². The van der Waals surface area contributed by atoms with E-state index in [1.165, 1.54) is 0 Å². The maximum atomic E-state index is 8.76. The highest BCUT2D eigenvalue weighted by atomic mass is 15.1. The van der Waals surface area contributed by atoms with Crippen LogP contribution in [0.2, 0.25) is 0 Å². The van der Waals surface area contributed by atoms with Gasteiger partial charge in [0.15, 0.2) is 0 Å². The maximum absolute atomic E-state index is 8.76. The molecule has 0 fully saturated rings. The Labute approximate surface area is 77.7 Å². The van der Waals surface area contributed by atoms with E-state index in [-0.39, 0.29) is 0 Å². The summed E-state index contributed by atoms with van der Waals surface area (Å²) in [6.45, 7) is 1.84. The minimum absolute atomic E-state index is 0.696. The Kier molecular flexibility index (Phi) is 1.79. The summed E-state index contributed by atoms with van der Waals surface area (Å²) in [5.41, 5.74) is 2.94. The summed E-state index contributed by atoms with van der Waals surface area (Å²) in [5, 5.41) is 8.76. The van der Waals surface area contributed by atoms with Crippen molar-refractivity contribution in [3.8, 4) is 6.07 Å². The number of rotatable bonds is 0. The normalized spacial score (nSPS) is 14.5. The lowest BCUT2D eigenvalue weighted by Crippen LogP contribution is -2.18. The highest BCUT2D eigenvalue weighted by Crippen LogP contribution is 2.28. The van der Waals surface area contributed by atoms with Crippen LogP contribution >= 0.6 is 0 Å². The summed E-state index contributed by atoms with van der Waals surface area (Å²) in [7, 11) is 1.95. The number of nitriles is 1. The largest absolute Gasteiger partial charge is 0.364 e. The van der Waals surface area contributed by atoms with Crippen molar-refractivity contribution in [2.45, 2.75) is 0 Å². The molecule has 0 aliphatic carbocycles. The van der Waals surface area contributed by atoms with E-state index in [0.717, 1.165) is 11.3 Å². The Morgan fingerprint density at radius 2 is 2.08 bits per heavy atom. The number of anilines is 1. The van der Waals surface area contributed by atoms with Crippen molar-refractivity contribution in [1.82, 2.24) is 0 Å². The van der Waals surface area contributed by atoms with Crippen LogP contribution in [0.4, 0.5) is 5.69 Å². The first-order valence-corrected chi connectivity index (χ1v) is 4.10. The van der Waals surface area contributed by atoms with Gasteiger partial charge in [0.1, 0.15) is 0 Å². The van der Waals surface area contributed by atoms with E-state index >= 15 is 0 Å². The van der Waals surface area contributed by atoms with Crippen LogP contribution in [0, 0.1) is 17.9 Å². The number of benzene rings is 1. The average Bonchev–Trinajstić information content (AvgIpc) is 2.18. The predicted molar refractivity (Wildman–Crippen MR) is 52.7 cm³/mol. The molecule has 2 nitrogen and oxygen atoms in total. The van der Waals surface area contributed by atoms with Gasteiger partial charge in [0, 0.05) is 12.7 Å². The van der Waals surface area contributed by atoms with Crippen LogP contribution < -0.4 is 4.90 Å². The lowest BCUT2D eigenvalue weighted by molar-refractivity contribution is 1.10. The fraction of sp³-hybridized carbons (Fsp3) is 0.0909. The van der Waals surface area contributed by atoms with Crippen molar-refractivity contribution in [1.29, 1.82) is 5.26 Å². The highest BCUT2D eigenvalue weighted by molar-refractivity contribution is 5.77. The summed E-state index contributed by atoms with van der Waals surface area (Å²) in [6.07, 6.45) is 1.90. The number of nitrogens with zero attached hydrogens (tertiary/aromatic N) is 2. The first kappa shape index (κ1) is 7.88. The van der Waals surface area contributed by atoms with Crippen LogP contribution in [-0.2, 0) is 0 Å². The third-order valence-corrected chi connectivity index (χ3v) is 2.09. The lowest BCUT2D eigenvalue weighted by Gasteiger charge is -2.24. The molecule has 1 aromatic rings. The molecule has 0 saturated carbocycles. The standard InChI is InChI=1S/C11H9N2/c1-13-8-9(7-12)6-10-4-2-3-5-11(10)13/h2-6,8H,1H3. The quantitative estimate of drug-likeness (QED) is 0.595. The Morgan fingerprint density at radius 3 is 2.85 bits per heavy atom. The lowest BCUT2D eigenvalue weighted by atomic mass is 10.0. The molecule has 2 heteroatoms. The summed E-state index contributed by atoms with van der Waals surface area (Å²) in [6, 6.07) is 10.2. The molecule has 1 radical (unpaired) electrons. The number of hydrogen-bond donors (Lipinski definition) is 0. The first-order chi connectivity index (χ1) is 6.31. The molecular weight excluding hydrogens is 160 g/mol. The van der Waals surface area contributed by atoms with Gasteiger partial charge in [-0.1, -0.05) is 18.2 Å². The number of hydrogen-bond acceptors (Lipinski definition) is 2. The molecule has 0 N–H and O–H groups in total. The Bertz CT molecular complexity index is 399.